The van der Waals surface area contributed by atoms with Gasteiger partial charge >= 0.3 is 0 Å². The van der Waals surface area contributed by atoms with E-state index in [1.807, 2.05) is 11.9 Å². The highest BCUT2D eigenvalue weighted by Gasteiger charge is 2.38. The first kappa shape index (κ1) is 17.2. The third kappa shape index (κ3) is 3.05. The molecule has 2 aromatic rings. The van der Waals surface area contributed by atoms with Gasteiger partial charge in [-0.1, -0.05) is 12.1 Å². The van der Waals surface area contributed by atoms with Crippen LogP contribution in [0.2, 0.25) is 0 Å². The van der Waals surface area contributed by atoms with Crippen LogP contribution >= 0.6 is 0 Å². The number of hydrogen-bond acceptors (Lipinski definition) is 4. The second-order valence-electron chi connectivity index (χ2n) is 8.39. The predicted molar refractivity (Wildman–Crippen MR) is 104 cm³/mol. The minimum atomic E-state index is 0.0406. The van der Waals surface area contributed by atoms with Gasteiger partial charge in [-0.3, -0.25) is 9.89 Å². The molecule has 2 bridgehead atoms. The maximum absolute atomic E-state index is 13.2. The number of hydrogen-bond donors (Lipinski definition) is 1. The van der Waals surface area contributed by atoms with Gasteiger partial charge in [0.05, 0.1) is 5.52 Å². The van der Waals surface area contributed by atoms with E-state index in [1.165, 1.54) is 31.5 Å². The number of carbonyl (C=O) groups excluding carboxylic acids is 1. The Labute approximate surface area is 159 Å². The van der Waals surface area contributed by atoms with E-state index in [4.69, 9.17) is 4.74 Å². The number of nitrogens with one attached hydrogen (secondary N) is 1. The zero-order valence-electron chi connectivity index (χ0n) is 16.0. The van der Waals surface area contributed by atoms with Gasteiger partial charge in [0.25, 0.3) is 5.91 Å². The molecule has 4 aliphatic rings. The number of fused-ring (bicyclic) bond motifs is 4. The summed E-state index contributed by atoms with van der Waals surface area (Å²) in [6, 6.07) is 6.72. The van der Waals surface area contributed by atoms with Crippen LogP contribution in [0.4, 0.5) is 0 Å². The quantitative estimate of drug-likeness (QED) is 0.905. The molecule has 0 saturated carbocycles. The van der Waals surface area contributed by atoms with Crippen molar-refractivity contribution in [1.82, 2.24) is 20.0 Å². The molecule has 27 heavy (non-hydrogen) atoms. The van der Waals surface area contributed by atoms with E-state index in [2.05, 4.69) is 33.3 Å². The highest BCUT2D eigenvalue weighted by Crippen LogP contribution is 2.32. The molecule has 4 aliphatic heterocycles. The third-order valence-corrected chi connectivity index (χ3v) is 6.92. The molecule has 144 valence electrons. The summed E-state index contributed by atoms with van der Waals surface area (Å²) in [5.41, 5.74) is 2.84. The smallest absolute Gasteiger partial charge is 0.275 e. The average Bonchev–Trinajstić information content (AvgIpc) is 3.17. The van der Waals surface area contributed by atoms with Gasteiger partial charge in [0.2, 0.25) is 0 Å². The van der Waals surface area contributed by atoms with Crippen LogP contribution in [0.3, 0.4) is 0 Å². The molecule has 0 radical (unpaired) electrons. The Kier molecular flexibility index (Phi) is 4.40. The highest BCUT2D eigenvalue weighted by atomic mass is 16.5. The van der Waals surface area contributed by atoms with E-state index < -0.39 is 0 Å². The molecule has 1 amide bonds. The van der Waals surface area contributed by atoms with Crippen molar-refractivity contribution < 1.29 is 9.53 Å². The van der Waals surface area contributed by atoms with Gasteiger partial charge in [0.1, 0.15) is 0 Å². The summed E-state index contributed by atoms with van der Waals surface area (Å²) in [7, 11) is 1.95. The fraction of sp³-hybridized carbons (Fsp3) is 0.619. The summed E-state index contributed by atoms with van der Waals surface area (Å²) in [6.45, 7) is 5.04. The van der Waals surface area contributed by atoms with Crippen LogP contribution in [-0.2, 0) is 4.74 Å². The van der Waals surface area contributed by atoms with Crippen LogP contribution in [0.25, 0.3) is 10.9 Å². The number of aromatic amines is 1. The first-order valence-electron chi connectivity index (χ1n) is 10.3. The van der Waals surface area contributed by atoms with Crippen LogP contribution in [-0.4, -0.2) is 71.8 Å². The van der Waals surface area contributed by atoms with Crippen LogP contribution < -0.4 is 0 Å². The van der Waals surface area contributed by atoms with E-state index in [9.17, 15) is 4.79 Å². The number of aromatic nitrogens is 2. The lowest BCUT2D eigenvalue weighted by molar-refractivity contribution is 0.0160. The molecule has 0 unspecified atom stereocenters. The largest absolute Gasteiger partial charge is 0.381 e. The van der Waals surface area contributed by atoms with Gasteiger partial charge in [-0.05, 0) is 62.2 Å². The van der Waals surface area contributed by atoms with E-state index in [0.29, 0.717) is 23.6 Å². The van der Waals surface area contributed by atoms with Crippen molar-refractivity contribution in [3.8, 4) is 0 Å². The minimum absolute atomic E-state index is 0.0406. The van der Waals surface area contributed by atoms with Gasteiger partial charge in [-0.15, -0.1) is 0 Å². The standard InChI is InChI=1S/C21H28N4O2/c1-24(19-13-25-8-4-15(19)5-9-25)21(26)20-17-3-2-16(12-18(17)22-23-20)14-6-10-27-11-7-14/h2-3,12,14-15,19H,4-11,13H2,1H3,(H,22,23)/t19-/m0/s1. The normalized spacial score (nSPS) is 28.6. The molecule has 0 aliphatic carbocycles. The van der Waals surface area contributed by atoms with Crippen LogP contribution in [0.1, 0.15) is 47.7 Å². The van der Waals surface area contributed by atoms with Crippen molar-refractivity contribution in [2.75, 3.05) is 39.9 Å². The lowest BCUT2D eigenvalue weighted by Crippen LogP contribution is -2.57. The van der Waals surface area contributed by atoms with E-state index >= 15 is 0 Å². The van der Waals surface area contributed by atoms with Gasteiger partial charge in [-0.2, -0.15) is 5.10 Å². The second-order valence-corrected chi connectivity index (χ2v) is 8.39. The number of likely N-dealkylation sites (N-methyl/N-ethyl adjacent to an activating group) is 1. The maximum atomic E-state index is 13.2. The maximum Gasteiger partial charge on any atom is 0.275 e. The predicted octanol–water partition coefficient (Wildman–Crippen LogP) is 2.62. The summed E-state index contributed by atoms with van der Waals surface area (Å²) in [4.78, 5) is 17.6. The van der Waals surface area contributed by atoms with Crippen LogP contribution in [0, 0.1) is 5.92 Å². The molecule has 5 heterocycles. The minimum Gasteiger partial charge on any atom is -0.381 e. The SMILES string of the molecule is CN(C(=O)c1n[nH]c2cc(C3CCOCC3)ccc12)[C@H]1CN2CCC1CC2. The molecular formula is C21H28N4O2. The zero-order valence-corrected chi connectivity index (χ0v) is 16.0. The van der Waals surface area contributed by atoms with E-state index in [1.54, 1.807) is 0 Å². The number of carbonyl (C=O) groups is 1. The molecule has 4 saturated heterocycles. The zero-order chi connectivity index (χ0) is 18.4. The van der Waals surface area contributed by atoms with Crippen LogP contribution in [0.15, 0.2) is 18.2 Å². The van der Waals surface area contributed by atoms with Gasteiger partial charge in [-0.25, -0.2) is 0 Å². The lowest BCUT2D eigenvalue weighted by atomic mass is 9.83. The molecule has 0 spiro atoms. The van der Waals surface area contributed by atoms with Crippen molar-refractivity contribution in [3.05, 3.63) is 29.5 Å². The molecule has 1 atom stereocenters. The van der Waals surface area contributed by atoms with E-state index in [-0.39, 0.29) is 5.91 Å². The number of rotatable bonds is 3. The van der Waals surface area contributed by atoms with E-state index in [0.717, 1.165) is 43.5 Å². The fourth-order valence-electron chi connectivity index (χ4n) is 5.18. The monoisotopic (exact) mass is 368 g/mol. The topological polar surface area (TPSA) is 61.5 Å². The Morgan fingerprint density at radius 3 is 2.70 bits per heavy atom. The summed E-state index contributed by atoms with van der Waals surface area (Å²) in [6.07, 6.45) is 4.54. The molecular weight excluding hydrogens is 340 g/mol. The molecule has 1 aromatic heterocycles. The third-order valence-electron chi connectivity index (χ3n) is 6.92. The summed E-state index contributed by atoms with van der Waals surface area (Å²) in [5.74, 6) is 1.22. The number of ether oxygens (including phenoxy) is 1. The number of nitrogens with zero attached hydrogens (tertiary/aromatic N) is 3. The molecule has 1 N–H and O–H groups in total. The Morgan fingerprint density at radius 1 is 1.22 bits per heavy atom. The summed E-state index contributed by atoms with van der Waals surface area (Å²) < 4.78 is 5.48. The highest BCUT2D eigenvalue weighted by molar-refractivity contribution is 6.04. The van der Waals surface area contributed by atoms with Gasteiger partial charge in [0.15, 0.2) is 5.69 Å². The van der Waals surface area contributed by atoms with Crippen molar-refractivity contribution >= 4 is 16.8 Å². The van der Waals surface area contributed by atoms with Crippen molar-refractivity contribution in [2.24, 2.45) is 5.92 Å². The first-order valence-corrected chi connectivity index (χ1v) is 10.3. The Balaban J connectivity index is 1.38. The number of benzene rings is 1. The second kappa shape index (κ2) is 6.91. The first-order chi connectivity index (χ1) is 13.2. The van der Waals surface area contributed by atoms with Crippen molar-refractivity contribution in [3.63, 3.8) is 0 Å². The summed E-state index contributed by atoms with van der Waals surface area (Å²) >= 11 is 0. The summed E-state index contributed by atoms with van der Waals surface area (Å²) in [5, 5.41) is 8.44. The molecule has 6 rings (SSSR count). The van der Waals surface area contributed by atoms with Crippen molar-refractivity contribution in [2.45, 2.75) is 37.6 Å². The molecule has 4 fully saturated rings. The van der Waals surface area contributed by atoms with Gasteiger partial charge in [0, 0.05) is 38.2 Å². The number of amides is 1. The van der Waals surface area contributed by atoms with Gasteiger partial charge < -0.3 is 14.5 Å². The average molecular weight is 368 g/mol. The molecule has 6 heteroatoms. The molecule has 1 aromatic carbocycles. The fourth-order valence-corrected chi connectivity index (χ4v) is 5.18. The Bertz CT molecular complexity index is 834. The van der Waals surface area contributed by atoms with Crippen LogP contribution in [0.5, 0.6) is 0 Å². The Hall–Kier alpha value is -1.92. The lowest BCUT2D eigenvalue weighted by Gasteiger charge is -2.47. The Morgan fingerprint density at radius 2 is 2.00 bits per heavy atom. The number of H-pyrrole nitrogens is 1. The number of piperidine rings is 3. The molecule has 6 nitrogen and oxygen atoms in total. The van der Waals surface area contributed by atoms with Crippen molar-refractivity contribution in [1.29, 1.82) is 0 Å².